The summed E-state index contributed by atoms with van der Waals surface area (Å²) < 4.78 is 21.3. The second-order valence-electron chi connectivity index (χ2n) is 12.2. The Labute approximate surface area is 257 Å². The summed E-state index contributed by atoms with van der Waals surface area (Å²) in [6, 6.07) is 17.4. The molecule has 2 bridgehead atoms. The number of nitrogens with zero attached hydrogens (tertiary/aromatic N) is 4. The zero-order valence-electron chi connectivity index (χ0n) is 23.7. The number of nitriles is 1. The number of nitrogens with one attached hydrogen (secondary N) is 1. The van der Waals surface area contributed by atoms with E-state index >= 15 is 4.39 Å². The zero-order valence-corrected chi connectivity index (χ0v) is 25.2. The van der Waals surface area contributed by atoms with Crippen molar-refractivity contribution in [2.45, 2.75) is 57.2 Å². The van der Waals surface area contributed by atoms with Crippen LogP contribution in [0.1, 0.15) is 60.4 Å². The highest BCUT2D eigenvalue weighted by Crippen LogP contribution is 2.50. The molecular formula is C34H28Cl2FN5O. The highest BCUT2D eigenvalue weighted by molar-refractivity contribution is 6.43. The molecule has 1 aliphatic carbocycles. The third-order valence-electron chi connectivity index (χ3n) is 9.94. The summed E-state index contributed by atoms with van der Waals surface area (Å²) in [5, 5.41) is 15.8. The predicted molar refractivity (Wildman–Crippen MR) is 168 cm³/mol. The van der Waals surface area contributed by atoms with Gasteiger partial charge in [0.2, 0.25) is 0 Å². The first kappa shape index (κ1) is 26.9. The topological polar surface area (TPSA) is 75.6 Å². The van der Waals surface area contributed by atoms with E-state index in [0.29, 0.717) is 39.2 Å². The van der Waals surface area contributed by atoms with Gasteiger partial charge in [0.1, 0.15) is 5.52 Å². The van der Waals surface area contributed by atoms with Crippen LogP contribution in [0.3, 0.4) is 0 Å². The number of aromatic nitrogens is 3. The first-order chi connectivity index (χ1) is 20.8. The van der Waals surface area contributed by atoms with Crippen molar-refractivity contribution in [3.63, 3.8) is 0 Å². The van der Waals surface area contributed by atoms with Gasteiger partial charge in [0, 0.05) is 57.6 Å². The number of hydrogen-bond acceptors (Lipinski definition) is 4. The van der Waals surface area contributed by atoms with Gasteiger partial charge >= 0.3 is 0 Å². The Morgan fingerprint density at radius 2 is 1.95 bits per heavy atom. The summed E-state index contributed by atoms with van der Waals surface area (Å²) in [6.07, 6.45) is 2.73. The van der Waals surface area contributed by atoms with Crippen molar-refractivity contribution in [3.8, 4) is 17.2 Å². The Bertz CT molecular complexity index is 2100. The lowest BCUT2D eigenvalue weighted by molar-refractivity contribution is 0.218. The third-order valence-corrected chi connectivity index (χ3v) is 10.8. The van der Waals surface area contributed by atoms with Gasteiger partial charge in [0.05, 0.1) is 39.6 Å². The SMILES string of the molecule is Cc1nc2c(F)c(-c3cccc(Cl)c3Cl)c(C(C)C#N)cc2c2c1cc(C1CCc3cccc(=O)n31)n2[C@H]1[C@H]2CN[C@@H]1C2. The van der Waals surface area contributed by atoms with Gasteiger partial charge in [-0.25, -0.2) is 9.37 Å². The molecule has 3 fully saturated rings. The number of rotatable bonds is 4. The molecule has 5 atom stereocenters. The highest BCUT2D eigenvalue weighted by Gasteiger charge is 2.49. The van der Waals surface area contributed by atoms with E-state index in [1.165, 1.54) is 0 Å². The lowest BCUT2D eigenvalue weighted by Crippen LogP contribution is -2.40. The van der Waals surface area contributed by atoms with Crippen molar-refractivity contribution in [2.75, 3.05) is 6.54 Å². The van der Waals surface area contributed by atoms with E-state index in [9.17, 15) is 10.1 Å². The fourth-order valence-electron chi connectivity index (χ4n) is 7.87. The molecule has 0 radical (unpaired) electrons. The monoisotopic (exact) mass is 611 g/mol. The van der Waals surface area contributed by atoms with Crippen LogP contribution in [0.4, 0.5) is 4.39 Å². The maximum absolute atomic E-state index is 16.9. The maximum atomic E-state index is 16.9. The molecule has 2 unspecified atom stereocenters. The third kappa shape index (κ3) is 3.73. The van der Waals surface area contributed by atoms with Crippen LogP contribution >= 0.6 is 23.2 Å². The van der Waals surface area contributed by atoms with Crippen molar-refractivity contribution >= 4 is 45.0 Å². The van der Waals surface area contributed by atoms with E-state index in [4.69, 9.17) is 28.2 Å². The van der Waals surface area contributed by atoms with Gasteiger partial charge in [0.15, 0.2) is 5.82 Å². The molecule has 0 spiro atoms. The molecule has 0 amide bonds. The summed E-state index contributed by atoms with van der Waals surface area (Å²) in [5.74, 6) is -0.691. The van der Waals surface area contributed by atoms with Crippen molar-refractivity contribution < 1.29 is 4.39 Å². The molecule has 2 aromatic carbocycles. The van der Waals surface area contributed by atoms with E-state index in [2.05, 4.69) is 22.0 Å². The largest absolute Gasteiger partial charge is 0.337 e. The summed E-state index contributed by atoms with van der Waals surface area (Å²) >= 11 is 13.0. The van der Waals surface area contributed by atoms with Crippen molar-refractivity contribution in [3.05, 3.63) is 97.4 Å². The standard InChI is InChI=1S/C34H28Cl2FN5O/c1-16(14-38)21-12-23-32(31(37)29(21)20-6-4-7-24(35)30(20)36)40-17(2)22-13-27(26-10-9-19-5-3-8-28(43)41(19)26)42(34(22)23)33-18-11-25(33)39-15-18/h3-8,12-13,16,18,25-26,33,39H,9-11,15H2,1-2H3/t16?,18-,25-,26?,33+/m1/s1. The fourth-order valence-corrected chi connectivity index (χ4v) is 8.26. The number of hydrogen-bond donors (Lipinski definition) is 1. The molecule has 6 nitrogen and oxygen atoms in total. The second kappa shape index (κ2) is 9.65. The first-order valence-corrected chi connectivity index (χ1v) is 15.5. The molecule has 1 N–H and O–H groups in total. The number of fused-ring (bicyclic) bond motifs is 5. The van der Waals surface area contributed by atoms with Crippen molar-refractivity contribution in [1.82, 2.24) is 19.4 Å². The Morgan fingerprint density at radius 3 is 2.70 bits per heavy atom. The fraction of sp³-hybridized carbons (Fsp3) is 0.324. The molecule has 3 aromatic heterocycles. The zero-order chi connectivity index (χ0) is 29.7. The first-order valence-electron chi connectivity index (χ1n) is 14.7. The quantitative estimate of drug-likeness (QED) is 0.229. The maximum Gasteiger partial charge on any atom is 0.251 e. The van der Waals surface area contributed by atoms with Crippen LogP contribution in [-0.2, 0) is 6.42 Å². The molecule has 4 aliphatic rings. The number of benzene rings is 2. The molecule has 2 saturated heterocycles. The van der Waals surface area contributed by atoms with Gasteiger partial charge in [0.25, 0.3) is 5.56 Å². The highest BCUT2D eigenvalue weighted by atomic mass is 35.5. The molecule has 3 aliphatic heterocycles. The Hall–Kier alpha value is -3.70. The van der Waals surface area contributed by atoms with E-state index in [0.717, 1.165) is 48.1 Å². The summed E-state index contributed by atoms with van der Waals surface area (Å²) in [4.78, 5) is 18.0. The molecule has 9 heteroatoms. The Balaban J connectivity index is 1.48. The smallest absolute Gasteiger partial charge is 0.251 e. The number of halogens is 3. The predicted octanol–water partition coefficient (Wildman–Crippen LogP) is 7.47. The molecule has 43 heavy (non-hydrogen) atoms. The van der Waals surface area contributed by atoms with Crippen LogP contribution in [-0.4, -0.2) is 26.7 Å². The average molecular weight is 613 g/mol. The molecule has 6 heterocycles. The number of pyridine rings is 2. The number of aryl methyl sites for hydroxylation is 2. The Morgan fingerprint density at radius 1 is 1.14 bits per heavy atom. The summed E-state index contributed by atoms with van der Waals surface area (Å²) in [5.41, 5.74) is 5.16. The lowest BCUT2D eigenvalue weighted by atomic mass is 9.79. The van der Waals surface area contributed by atoms with Gasteiger partial charge in [-0.2, -0.15) is 5.26 Å². The molecule has 216 valence electrons. The van der Waals surface area contributed by atoms with Crippen LogP contribution < -0.4 is 10.9 Å². The van der Waals surface area contributed by atoms with Crippen molar-refractivity contribution in [2.24, 2.45) is 5.92 Å². The van der Waals surface area contributed by atoms with Gasteiger partial charge in [-0.05, 0) is 68.9 Å². The molecule has 5 aromatic rings. The molecule has 9 rings (SSSR count). The normalized spacial score (nSPS) is 23.0. The lowest BCUT2D eigenvalue weighted by Gasteiger charge is -2.38. The van der Waals surface area contributed by atoms with Gasteiger partial charge in [-0.3, -0.25) is 4.79 Å². The minimum atomic E-state index is -0.620. The molecule has 1 saturated carbocycles. The van der Waals surface area contributed by atoms with Crippen LogP contribution in [0, 0.1) is 30.0 Å². The van der Waals surface area contributed by atoms with Crippen LogP contribution in [0.25, 0.3) is 32.9 Å². The van der Waals surface area contributed by atoms with Gasteiger partial charge in [-0.1, -0.05) is 41.4 Å². The van der Waals surface area contributed by atoms with Gasteiger partial charge < -0.3 is 14.5 Å². The van der Waals surface area contributed by atoms with E-state index in [1.54, 1.807) is 31.2 Å². The van der Waals surface area contributed by atoms with Gasteiger partial charge in [-0.15, -0.1) is 0 Å². The minimum Gasteiger partial charge on any atom is -0.337 e. The van der Waals surface area contributed by atoms with E-state index in [1.807, 2.05) is 29.7 Å². The van der Waals surface area contributed by atoms with E-state index < -0.39 is 11.7 Å². The average Bonchev–Trinajstić information content (AvgIpc) is 3.79. The summed E-state index contributed by atoms with van der Waals surface area (Å²) in [6.45, 7) is 4.61. The van der Waals surface area contributed by atoms with Crippen LogP contribution in [0.2, 0.25) is 10.0 Å². The summed E-state index contributed by atoms with van der Waals surface area (Å²) in [7, 11) is 0. The molecular weight excluding hydrogens is 584 g/mol. The van der Waals surface area contributed by atoms with Crippen LogP contribution in [0.5, 0.6) is 0 Å². The van der Waals surface area contributed by atoms with Crippen molar-refractivity contribution in [1.29, 1.82) is 5.26 Å². The van der Waals surface area contributed by atoms with Crippen LogP contribution in [0.15, 0.2) is 53.3 Å². The van der Waals surface area contributed by atoms with E-state index in [-0.39, 0.29) is 33.7 Å². The Kier molecular flexibility index (Phi) is 6.04. The minimum absolute atomic E-state index is 0.00886. The second-order valence-corrected chi connectivity index (χ2v) is 13.0.